The van der Waals surface area contributed by atoms with Crippen LogP contribution < -0.4 is 10.8 Å². The highest BCUT2D eigenvalue weighted by atomic mass is 32.2. The quantitative estimate of drug-likeness (QED) is 0.235. The fourth-order valence-electron chi connectivity index (χ4n) is 3.59. The summed E-state index contributed by atoms with van der Waals surface area (Å²) < 4.78 is 49.4. The number of hydrogen-bond acceptors (Lipinski definition) is 7. The van der Waals surface area contributed by atoms with Crippen LogP contribution >= 0.6 is 0 Å². The number of carbonyl (C=O) groups excluding carboxylic acids is 2. The summed E-state index contributed by atoms with van der Waals surface area (Å²) in [7, 11) is -2.92. The minimum atomic E-state index is -3.37. The van der Waals surface area contributed by atoms with E-state index in [4.69, 9.17) is 5.21 Å². The molecule has 1 aliphatic heterocycles. The smallest absolute Gasteiger partial charge is 0.269 e. The molecule has 9 nitrogen and oxygen atoms in total. The fourth-order valence-corrected chi connectivity index (χ4v) is 4.87. The van der Waals surface area contributed by atoms with Crippen LogP contribution in [0.15, 0.2) is 48.5 Å². The molecule has 0 spiro atoms. The van der Waals surface area contributed by atoms with E-state index in [9.17, 15) is 31.9 Å². The van der Waals surface area contributed by atoms with Gasteiger partial charge < -0.3 is 10.4 Å². The fraction of sp³-hybridized carbons (Fsp3) is 0.360. The van der Waals surface area contributed by atoms with E-state index in [1.54, 1.807) is 0 Å². The van der Waals surface area contributed by atoms with Crippen LogP contribution in [-0.2, 0) is 21.2 Å². The van der Waals surface area contributed by atoms with Gasteiger partial charge in [0.1, 0.15) is 6.04 Å². The third-order valence-corrected chi connectivity index (χ3v) is 7.58. The zero-order chi connectivity index (χ0) is 27.2. The third kappa shape index (κ3) is 7.56. The van der Waals surface area contributed by atoms with Crippen molar-refractivity contribution in [2.45, 2.75) is 31.5 Å². The molecule has 12 heteroatoms. The van der Waals surface area contributed by atoms with Gasteiger partial charge in [-0.2, -0.15) is 0 Å². The van der Waals surface area contributed by atoms with Crippen LogP contribution in [0.1, 0.15) is 34.0 Å². The van der Waals surface area contributed by atoms with Gasteiger partial charge in [-0.25, -0.2) is 22.7 Å². The average Bonchev–Trinajstić information content (AvgIpc) is 2.87. The summed E-state index contributed by atoms with van der Waals surface area (Å²) in [5.41, 5.74) is 0.630. The monoisotopic (exact) mass is 535 g/mol. The van der Waals surface area contributed by atoms with Crippen molar-refractivity contribution in [1.29, 1.82) is 0 Å². The molecule has 0 saturated carbocycles. The first-order chi connectivity index (χ1) is 17.4. The summed E-state index contributed by atoms with van der Waals surface area (Å²) in [6.07, 6.45) is -3.37. The molecule has 1 saturated heterocycles. The number of carbonyl (C=O) groups is 2. The van der Waals surface area contributed by atoms with E-state index in [-0.39, 0.29) is 17.1 Å². The number of benzene rings is 2. The summed E-state index contributed by atoms with van der Waals surface area (Å²) in [5, 5.41) is 20.7. The standard InChI is InChI=1S/C25H27F2N3O6S/c1-25(33,24(26)27)21(23(32)29-34)28-22(31)20-10-8-18(9-11-20)3-2-17-4-6-19(7-5-17)16-30-12-14-37(35,36)15-13-30/h4-11,21,24,33-34H,12-16H2,1H3,(H,28,31)(H,29,32)/t21-,25+/m1/s1. The molecule has 2 amide bonds. The van der Waals surface area contributed by atoms with Crippen molar-refractivity contribution in [2.75, 3.05) is 24.6 Å². The van der Waals surface area contributed by atoms with Crippen molar-refractivity contribution in [1.82, 2.24) is 15.7 Å². The van der Waals surface area contributed by atoms with Gasteiger partial charge in [-0.1, -0.05) is 24.0 Å². The molecule has 0 bridgehead atoms. The molecule has 0 unspecified atom stereocenters. The molecule has 1 aliphatic rings. The molecule has 2 atom stereocenters. The van der Waals surface area contributed by atoms with Crippen molar-refractivity contribution in [2.24, 2.45) is 0 Å². The number of nitrogens with zero attached hydrogens (tertiary/aromatic N) is 1. The van der Waals surface area contributed by atoms with Gasteiger partial charge in [-0.3, -0.25) is 19.7 Å². The Morgan fingerprint density at radius 3 is 2.03 bits per heavy atom. The molecular weight excluding hydrogens is 508 g/mol. The van der Waals surface area contributed by atoms with Crippen LogP contribution in [-0.4, -0.2) is 78.1 Å². The minimum Gasteiger partial charge on any atom is -0.381 e. The van der Waals surface area contributed by atoms with Crippen molar-refractivity contribution in [3.05, 3.63) is 70.8 Å². The largest absolute Gasteiger partial charge is 0.381 e. The second-order valence-electron chi connectivity index (χ2n) is 8.86. The van der Waals surface area contributed by atoms with E-state index in [1.807, 2.05) is 29.6 Å². The molecule has 0 aliphatic carbocycles. The predicted octanol–water partition coefficient (Wildman–Crippen LogP) is 0.937. The predicted molar refractivity (Wildman–Crippen MR) is 131 cm³/mol. The Labute approximate surface area is 213 Å². The first-order valence-corrected chi connectivity index (χ1v) is 13.1. The second kappa shape index (κ2) is 11.8. The molecule has 4 N–H and O–H groups in total. The Balaban J connectivity index is 1.61. The van der Waals surface area contributed by atoms with E-state index in [1.165, 1.54) is 24.3 Å². The normalized spacial score (nSPS) is 17.7. The molecule has 37 heavy (non-hydrogen) atoms. The molecule has 2 aromatic rings. The third-order valence-electron chi connectivity index (χ3n) is 5.97. The van der Waals surface area contributed by atoms with Crippen LogP contribution in [0.5, 0.6) is 0 Å². The van der Waals surface area contributed by atoms with Crippen LogP contribution in [0.4, 0.5) is 8.78 Å². The van der Waals surface area contributed by atoms with E-state index in [0.29, 0.717) is 32.1 Å². The van der Waals surface area contributed by atoms with Gasteiger partial charge in [0.2, 0.25) is 0 Å². The average molecular weight is 536 g/mol. The first kappa shape index (κ1) is 28.2. The maximum absolute atomic E-state index is 13.1. The molecule has 1 fully saturated rings. The van der Waals surface area contributed by atoms with Crippen LogP contribution in [0.2, 0.25) is 0 Å². The summed E-state index contributed by atoms with van der Waals surface area (Å²) in [5.74, 6) is 3.99. The summed E-state index contributed by atoms with van der Waals surface area (Å²) in [4.78, 5) is 26.3. The number of hydrogen-bond donors (Lipinski definition) is 4. The first-order valence-electron chi connectivity index (χ1n) is 11.3. The van der Waals surface area contributed by atoms with Crippen molar-refractivity contribution < 1.29 is 37.1 Å². The molecule has 0 aromatic heterocycles. The molecular formula is C25H27F2N3O6S. The van der Waals surface area contributed by atoms with E-state index in [0.717, 1.165) is 16.6 Å². The van der Waals surface area contributed by atoms with Gasteiger partial charge in [-0.15, -0.1) is 0 Å². The summed E-state index contributed by atoms with van der Waals surface area (Å²) >= 11 is 0. The van der Waals surface area contributed by atoms with E-state index < -0.39 is 39.7 Å². The molecule has 3 rings (SSSR count). The Morgan fingerprint density at radius 1 is 1.03 bits per heavy atom. The lowest BCUT2D eigenvalue weighted by Crippen LogP contribution is -2.61. The zero-order valence-electron chi connectivity index (χ0n) is 19.9. The highest BCUT2D eigenvalue weighted by molar-refractivity contribution is 7.91. The van der Waals surface area contributed by atoms with Crippen molar-refractivity contribution >= 4 is 21.7 Å². The molecule has 0 radical (unpaired) electrons. The zero-order valence-corrected chi connectivity index (χ0v) is 20.8. The van der Waals surface area contributed by atoms with Gasteiger partial charge in [0.05, 0.1) is 11.5 Å². The lowest BCUT2D eigenvalue weighted by Gasteiger charge is -2.30. The number of sulfone groups is 1. The number of aliphatic hydroxyl groups is 1. The van der Waals surface area contributed by atoms with Gasteiger partial charge in [-0.05, 0) is 48.9 Å². The number of amides is 2. The maximum Gasteiger partial charge on any atom is 0.269 e. The maximum atomic E-state index is 13.1. The number of hydroxylamine groups is 1. The van der Waals surface area contributed by atoms with Crippen molar-refractivity contribution in [3.8, 4) is 11.8 Å². The van der Waals surface area contributed by atoms with Crippen LogP contribution in [0.3, 0.4) is 0 Å². The van der Waals surface area contributed by atoms with Gasteiger partial charge in [0, 0.05) is 36.3 Å². The van der Waals surface area contributed by atoms with E-state index in [2.05, 4.69) is 16.7 Å². The summed E-state index contributed by atoms with van der Waals surface area (Å²) in [6.45, 7) is 2.35. The second-order valence-corrected chi connectivity index (χ2v) is 11.2. The van der Waals surface area contributed by atoms with Gasteiger partial charge in [0.25, 0.3) is 18.2 Å². The molecule has 2 aromatic carbocycles. The Morgan fingerprint density at radius 2 is 1.54 bits per heavy atom. The molecule has 198 valence electrons. The highest BCUT2D eigenvalue weighted by Gasteiger charge is 2.46. The van der Waals surface area contributed by atoms with Crippen LogP contribution in [0, 0.1) is 11.8 Å². The Kier molecular flexibility index (Phi) is 8.98. The lowest BCUT2D eigenvalue weighted by molar-refractivity contribution is -0.149. The molecule has 1 heterocycles. The lowest BCUT2D eigenvalue weighted by atomic mass is 9.95. The number of rotatable bonds is 7. The van der Waals surface area contributed by atoms with Gasteiger partial charge in [0.15, 0.2) is 15.4 Å². The SMILES string of the molecule is C[C@@](O)(C(F)F)[C@H](NC(=O)c1ccc(C#Cc2ccc(CN3CCS(=O)(=O)CC3)cc2)cc1)C(=O)NO. The number of halogens is 2. The Bertz CT molecular complexity index is 1270. The summed E-state index contributed by atoms with van der Waals surface area (Å²) in [6, 6.07) is 11.3. The minimum absolute atomic E-state index is 0.0289. The van der Waals surface area contributed by atoms with Gasteiger partial charge >= 0.3 is 0 Å². The topological polar surface area (TPSA) is 136 Å². The Hall–Kier alpha value is -3.37. The number of nitrogens with one attached hydrogen (secondary N) is 2. The van der Waals surface area contributed by atoms with Crippen LogP contribution in [0.25, 0.3) is 0 Å². The highest BCUT2D eigenvalue weighted by Crippen LogP contribution is 2.20. The number of alkyl halides is 2. The van der Waals surface area contributed by atoms with Crippen molar-refractivity contribution in [3.63, 3.8) is 0 Å². The van der Waals surface area contributed by atoms with E-state index >= 15 is 0 Å².